The van der Waals surface area contributed by atoms with Gasteiger partial charge in [0.05, 0.1) is 14.2 Å². The van der Waals surface area contributed by atoms with Crippen LogP contribution in [-0.2, 0) is 0 Å². The van der Waals surface area contributed by atoms with Gasteiger partial charge in [-0.15, -0.1) is 0 Å². The summed E-state index contributed by atoms with van der Waals surface area (Å²) in [6, 6.07) is 3.43. The first-order chi connectivity index (χ1) is 7.99. The zero-order chi connectivity index (χ0) is 12.6. The van der Waals surface area contributed by atoms with Gasteiger partial charge in [-0.1, -0.05) is 0 Å². The van der Waals surface area contributed by atoms with Crippen molar-refractivity contribution < 1.29 is 24.1 Å². The average Bonchev–Trinajstić information content (AvgIpc) is 2.29. The van der Waals surface area contributed by atoms with Crippen LogP contribution in [0.3, 0.4) is 0 Å². The van der Waals surface area contributed by atoms with Gasteiger partial charge in [-0.3, -0.25) is 0 Å². The predicted octanol–water partition coefficient (Wildman–Crippen LogP) is 1.57. The molecule has 0 radical (unpaired) electrons. The van der Waals surface area contributed by atoms with Gasteiger partial charge in [-0.25, -0.2) is 0 Å². The summed E-state index contributed by atoms with van der Waals surface area (Å²) in [6.45, 7) is 3.47. The molecule has 1 aliphatic rings. The van der Waals surface area contributed by atoms with Crippen LogP contribution in [-0.4, -0.2) is 31.2 Å². The normalized spacial score (nSPS) is 20.9. The van der Waals surface area contributed by atoms with Crippen molar-refractivity contribution in [2.24, 2.45) is 0 Å². The van der Waals surface area contributed by atoms with Crippen molar-refractivity contribution >= 4 is 0 Å². The largest absolute Gasteiger partial charge is 0.493 e. The fourth-order valence-corrected chi connectivity index (χ4v) is 1.62. The summed E-state index contributed by atoms with van der Waals surface area (Å²) in [5.74, 6) is 1.84. The molecule has 1 aromatic carbocycles. The Balaban J connectivity index is 2.54. The van der Waals surface area contributed by atoms with Gasteiger partial charge in [0, 0.05) is 0 Å². The van der Waals surface area contributed by atoms with E-state index in [1.807, 2.05) is 0 Å². The zero-order valence-electron chi connectivity index (χ0n) is 10.3. The van der Waals surface area contributed by atoms with Gasteiger partial charge in [0.15, 0.2) is 17.1 Å². The minimum absolute atomic E-state index is 0.360. The van der Waals surface area contributed by atoms with E-state index in [0.717, 1.165) is 0 Å². The van der Waals surface area contributed by atoms with Gasteiger partial charge in [0.1, 0.15) is 0 Å². The Kier molecular flexibility index (Phi) is 2.79. The zero-order valence-corrected chi connectivity index (χ0v) is 10.3. The maximum Gasteiger partial charge on any atom is 0.237 e. The second-order valence-corrected chi connectivity index (χ2v) is 4.30. The van der Waals surface area contributed by atoms with E-state index in [1.165, 1.54) is 7.11 Å². The molecule has 0 aliphatic carbocycles. The molecule has 1 unspecified atom stereocenters. The molecule has 1 aliphatic heterocycles. The Labute approximate surface area is 99.9 Å². The number of aliphatic hydroxyl groups excluding tert-OH is 1. The smallest absolute Gasteiger partial charge is 0.237 e. The van der Waals surface area contributed by atoms with Crippen LogP contribution in [0.2, 0.25) is 0 Å². The van der Waals surface area contributed by atoms with Crippen LogP contribution in [0.1, 0.15) is 13.8 Å². The third-order valence-corrected chi connectivity index (χ3v) is 2.67. The molecule has 0 spiro atoms. The Morgan fingerprint density at radius 3 is 2.18 bits per heavy atom. The molecule has 2 rings (SSSR count). The first-order valence-electron chi connectivity index (χ1n) is 5.28. The highest BCUT2D eigenvalue weighted by Crippen LogP contribution is 2.49. The van der Waals surface area contributed by atoms with Gasteiger partial charge in [0.2, 0.25) is 17.8 Å². The van der Waals surface area contributed by atoms with Gasteiger partial charge in [-0.05, 0) is 26.0 Å². The highest BCUT2D eigenvalue weighted by molar-refractivity contribution is 5.60. The third kappa shape index (κ3) is 1.86. The summed E-state index contributed by atoms with van der Waals surface area (Å²) >= 11 is 0. The first kappa shape index (κ1) is 11.9. The number of aliphatic hydroxyl groups is 1. The van der Waals surface area contributed by atoms with Gasteiger partial charge in [0.25, 0.3) is 0 Å². The molecule has 1 N–H and O–H groups in total. The SMILES string of the molecule is COc1ccc(OC)c2c1OC(O)C(C)(C)O2. The van der Waals surface area contributed by atoms with E-state index in [4.69, 9.17) is 18.9 Å². The monoisotopic (exact) mass is 240 g/mol. The van der Waals surface area contributed by atoms with Crippen LogP contribution < -0.4 is 18.9 Å². The Bertz CT molecular complexity index is 427. The number of methoxy groups -OCH3 is 2. The molecular formula is C12H16O5. The molecule has 0 amide bonds. The second-order valence-electron chi connectivity index (χ2n) is 4.30. The molecule has 5 nitrogen and oxygen atoms in total. The lowest BCUT2D eigenvalue weighted by Crippen LogP contribution is -2.48. The molecule has 0 bridgehead atoms. The van der Waals surface area contributed by atoms with Gasteiger partial charge >= 0.3 is 0 Å². The molecule has 0 saturated heterocycles. The molecule has 17 heavy (non-hydrogen) atoms. The third-order valence-electron chi connectivity index (χ3n) is 2.67. The van der Waals surface area contributed by atoms with E-state index in [9.17, 15) is 5.11 Å². The van der Waals surface area contributed by atoms with Crippen molar-refractivity contribution in [3.63, 3.8) is 0 Å². The van der Waals surface area contributed by atoms with Crippen LogP contribution in [0.25, 0.3) is 0 Å². The summed E-state index contributed by atoms with van der Waals surface area (Å²) in [5, 5.41) is 9.82. The maximum atomic E-state index is 9.82. The van der Waals surface area contributed by atoms with E-state index in [-0.39, 0.29) is 0 Å². The van der Waals surface area contributed by atoms with E-state index < -0.39 is 11.9 Å². The van der Waals surface area contributed by atoms with E-state index in [1.54, 1.807) is 33.1 Å². The summed E-state index contributed by atoms with van der Waals surface area (Å²) in [7, 11) is 3.07. The number of hydrogen-bond acceptors (Lipinski definition) is 5. The van der Waals surface area contributed by atoms with Crippen LogP contribution in [0, 0.1) is 0 Å². The lowest BCUT2D eigenvalue weighted by atomic mass is 10.1. The molecular weight excluding hydrogens is 224 g/mol. The molecule has 5 heteroatoms. The van der Waals surface area contributed by atoms with Crippen LogP contribution in [0.15, 0.2) is 12.1 Å². The fourth-order valence-electron chi connectivity index (χ4n) is 1.62. The van der Waals surface area contributed by atoms with Crippen molar-refractivity contribution in [1.82, 2.24) is 0 Å². The minimum atomic E-state index is -1.06. The standard InChI is InChI=1S/C12H16O5/c1-12(2)11(13)16-9-7(14-3)5-6-8(15-4)10(9)17-12/h5-6,11,13H,1-4H3. The van der Waals surface area contributed by atoms with Crippen molar-refractivity contribution in [3.8, 4) is 23.0 Å². The fraction of sp³-hybridized carbons (Fsp3) is 0.500. The molecule has 0 fully saturated rings. The highest BCUT2D eigenvalue weighted by atomic mass is 16.7. The van der Waals surface area contributed by atoms with Crippen LogP contribution in [0.5, 0.6) is 23.0 Å². The Morgan fingerprint density at radius 2 is 1.65 bits per heavy atom. The first-order valence-corrected chi connectivity index (χ1v) is 5.28. The van der Waals surface area contributed by atoms with Crippen molar-refractivity contribution in [2.45, 2.75) is 25.7 Å². The highest BCUT2D eigenvalue weighted by Gasteiger charge is 2.40. The topological polar surface area (TPSA) is 57.2 Å². The van der Waals surface area contributed by atoms with Crippen LogP contribution in [0.4, 0.5) is 0 Å². The van der Waals surface area contributed by atoms with E-state index in [0.29, 0.717) is 23.0 Å². The molecule has 0 aromatic heterocycles. The summed E-state index contributed by atoms with van der Waals surface area (Å²) < 4.78 is 21.5. The van der Waals surface area contributed by atoms with Crippen molar-refractivity contribution in [3.05, 3.63) is 12.1 Å². The number of ether oxygens (including phenoxy) is 4. The molecule has 94 valence electrons. The lowest BCUT2D eigenvalue weighted by molar-refractivity contribution is -0.158. The lowest BCUT2D eigenvalue weighted by Gasteiger charge is -2.37. The van der Waals surface area contributed by atoms with Crippen LogP contribution >= 0.6 is 0 Å². The van der Waals surface area contributed by atoms with Crippen molar-refractivity contribution in [2.75, 3.05) is 14.2 Å². The Hall–Kier alpha value is -1.62. The number of fused-ring (bicyclic) bond motifs is 1. The number of benzene rings is 1. The van der Waals surface area contributed by atoms with E-state index >= 15 is 0 Å². The quantitative estimate of drug-likeness (QED) is 0.850. The summed E-state index contributed by atoms with van der Waals surface area (Å²) in [5.41, 5.74) is -0.841. The number of rotatable bonds is 2. The molecule has 1 atom stereocenters. The van der Waals surface area contributed by atoms with Gasteiger partial charge < -0.3 is 24.1 Å². The number of hydrogen-bond donors (Lipinski definition) is 1. The van der Waals surface area contributed by atoms with Crippen molar-refractivity contribution in [1.29, 1.82) is 0 Å². The maximum absolute atomic E-state index is 9.82. The minimum Gasteiger partial charge on any atom is -0.493 e. The molecule has 0 saturated carbocycles. The molecule has 1 heterocycles. The Morgan fingerprint density at radius 1 is 1.12 bits per heavy atom. The predicted molar refractivity (Wildman–Crippen MR) is 60.9 cm³/mol. The second kappa shape index (κ2) is 4.00. The summed E-state index contributed by atoms with van der Waals surface area (Å²) in [6.07, 6.45) is -1.06. The average molecular weight is 240 g/mol. The van der Waals surface area contributed by atoms with Gasteiger partial charge in [-0.2, -0.15) is 0 Å². The summed E-state index contributed by atoms with van der Waals surface area (Å²) in [4.78, 5) is 0. The molecule has 1 aromatic rings. The van der Waals surface area contributed by atoms with E-state index in [2.05, 4.69) is 0 Å².